The Kier molecular flexibility index (Phi) is 4.51. The van der Waals surface area contributed by atoms with E-state index >= 15 is 0 Å². The Bertz CT molecular complexity index is 518. The molecule has 2 heterocycles. The highest BCUT2D eigenvalue weighted by Gasteiger charge is 2.30. The van der Waals surface area contributed by atoms with Gasteiger partial charge in [0.1, 0.15) is 0 Å². The second-order valence-electron chi connectivity index (χ2n) is 6.29. The van der Waals surface area contributed by atoms with Gasteiger partial charge in [0.25, 0.3) is 5.91 Å². The number of carbonyl (C=O) groups excluding carboxylic acids is 1. The van der Waals surface area contributed by atoms with Crippen LogP contribution in [0.4, 0.5) is 0 Å². The number of piperidine rings is 1. The Labute approximate surface area is 131 Å². The molecule has 2 fully saturated rings. The molecule has 3 nitrogen and oxygen atoms in total. The average molecular weight is 307 g/mol. The number of benzene rings is 1. The van der Waals surface area contributed by atoms with Crippen molar-refractivity contribution >= 4 is 17.5 Å². The van der Waals surface area contributed by atoms with Crippen LogP contribution < -0.4 is 5.32 Å². The summed E-state index contributed by atoms with van der Waals surface area (Å²) in [5.41, 5.74) is 1.75. The minimum Gasteiger partial charge on any atom is -0.339 e. The van der Waals surface area contributed by atoms with E-state index in [1.165, 1.54) is 12.8 Å². The fraction of sp³-hybridized carbons (Fsp3) is 0.588. The molecule has 114 valence electrons. The molecule has 1 amide bonds. The Morgan fingerprint density at radius 2 is 2.05 bits per heavy atom. The highest BCUT2D eigenvalue weighted by atomic mass is 35.5. The molecule has 1 atom stereocenters. The second-order valence-corrected chi connectivity index (χ2v) is 6.73. The van der Waals surface area contributed by atoms with Crippen LogP contribution in [0.3, 0.4) is 0 Å². The Balaban J connectivity index is 1.63. The Morgan fingerprint density at radius 3 is 2.71 bits per heavy atom. The monoisotopic (exact) mass is 306 g/mol. The van der Waals surface area contributed by atoms with Gasteiger partial charge >= 0.3 is 0 Å². The molecule has 21 heavy (non-hydrogen) atoms. The van der Waals surface area contributed by atoms with Gasteiger partial charge in [-0.15, -0.1) is 0 Å². The third-order valence-corrected chi connectivity index (χ3v) is 5.16. The van der Waals surface area contributed by atoms with Gasteiger partial charge in [-0.2, -0.15) is 0 Å². The second kappa shape index (κ2) is 6.37. The van der Waals surface area contributed by atoms with E-state index in [2.05, 4.69) is 5.32 Å². The molecule has 0 spiro atoms. The predicted molar refractivity (Wildman–Crippen MR) is 85.8 cm³/mol. The number of carbonyl (C=O) groups is 1. The quantitative estimate of drug-likeness (QED) is 0.909. The van der Waals surface area contributed by atoms with Crippen molar-refractivity contribution in [3.8, 4) is 0 Å². The highest BCUT2D eigenvalue weighted by molar-refractivity contribution is 6.31. The normalized spacial score (nSPS) is 23.5. The van der Waals surface area contributed by atoms with Crippen LogP contribution in [-0.4, -0.2) is 36.5 Å². The zero-order chi connectivity index (χ0) is 14.8. The number of amides is 1. The maximum atomic E-state index is 12.7. The van der Waals surface area contributed by atoms with E-state index in [1.807, 2.05) is 24.0 Å². The van der Waals surface area contributed by atoms with Crippen molar-refractivity contribution in [3.63, 3.8) is 0 Å². The molecule has 2 aliphatic heterocycles. The van der Waals surface area contributed by atoms with Crippen molar-refractivity contribution in [2.75, 3.05) is 19.6 Å². The smallest absolute Gasteiger partial charge is 0.254 e. The van der Waals surface area contributed by atoms with Crippen LogP contribution in [0.5, 0.6) is 0 Å². The first-order chi connectivity index (χ1) is 10.1. The van der Waals surface area contributed by atoms with Gasteiger partial charge in [-0.3, -0.25) is 4.79 Å². The number of hydrogen-bond donors (Lipinski definition) is 1. The third kappa shape index (κ3) is 3.24. The molecule has 2 saturated heterocycles. The van der Waals surface area contributed by atoms with Crippen LogP contribution in [0.25, 0.3) is 0 Å². The summed E-state index contributed by atoms with van der Waals surface area (Å²) >= 11 is 6.03. The first-order valence-corrected chi connectivity index (χ1v) is 8.32. The number of hydrogen-bond acceptors (Lipinski definition) is 2. The lowest BCUT2D eigenvalue weighted by Gasteiger charge is -2.35. The van der Waals surface area contributed by atoms with Gasteiger partial charge in [0.2, 0.25) is 0 Å². The van der Waals surface area contributed by atoms with Gasteiger partial charge in [-0.05, 0) is 62.8 Å². The first-order valence-electron chi connectivity index (χ1n) is 7.94. The van der Waals surface area contributed by atoms with Gasteiger partial charge < -0.3 is 10.2 Å². The van der Waals surface area contributed by atoms with Gasteiger partial charge in [0.05, 0.1) is 0 Å². The number of nitrogens with one attached hydrogen (secondary N) is 1. The predicted octanol–water partition coefficient (Wildman–Crippen LogP) is 3.25. The van der Waals surface area contributed by atoms with Crippen molar-refractivity contribution in [1.82, 2.24) is 10.2 Å². The number of halogens is 1. The molecule has 0 bridgehead atoms. The zero-order valence-corrected chi connectivity index (χ0v) is 13.3. The maximum Gasteiger partial charge on any atom is 0.254 e. The van der Waals surface area contributed by atoms with Crippen molar-refractivity contribution < 1.29 is 4.79 Å². The number of nitrogens with zero attached hydrogens (tertiary/aromatic N) is 1. The molecule has 3 rings (SSSR count). The molecule has 4 heteroatoms. The molecule has 1 aromatic carbocycles. The molecule has 0 radical (unpaired) electrons. The highest BCUT2D eigenvalue weighted by Crippen LogP contribution is 2.27. The van der Waals surface area contributed by atoms with Gasteiger partial charge in [0, 0.05) is 29.7 Å². The van der Waals surface area contributed by atoms with E-state index in [-0.39, 0.29) is 5.91 Å². The van der Waals surface area contributed by atoms with E-state index in [0.29, 0.717) is 11.1 Å². The molecule has 1 aromatic rings. The van der Waals surface area contributed by atoms with E-state index in [1.54, 1.807) is 6.07 Å². The van der Waals surface area contributed by atoms with E-state index in [0.717, 1.165) is 49.5 Å². The summed E-state index contributed by atoms with van der Waals surface area (Å²) in [5, 5.41) is 4.23. The van der Waals surface area contributed by atoms with E-state index < -0.39 is 0 Å². The summed E-state index contributed by atoms with van der Waals surface area (Å²) in [4.78, 5) is 14.6. The van der Waals surface area contributed by atoms with Crippen LogP contribution in [0, 0.1) is 12.8 Å². The van der Waals surface area contributed by atoms with Crippen LogP contribution in [-0.2, 0) is 0 Å². The molecule has 1 N–H and O–H groups in total. The summed E-state index contributed by atoms with van der Waals surface area (Å²) in [5.74, 6) is 0.866. The van der Waals surface area contributed by atoms with Crippen LogP contribution in [0.2, 0.25) is 5.02 Å². The molecular formula is C17H23ClN2O. The van der Waals surface area contributed by atoms with Crippen molar-refractivity contribution in [2.24, 2.45) is 5.92 Å². The standard InChI is InChI=1S/C17H23ClN2O/c1-12-4-5-14(18)11-15(12)17(21)20-9-6-13(7-10-20)16-3-2-8-19-16/h4-5,11,13,16,19H,2-3,6-10H2,1H3. The summed E-state index contributed by atoms with van der Waals surface area (Å²) in [6.45, 7) is 4.87. The lowest BCUT2D eigenvalue weighted by molar-refractivity contribution is 0.0673. The SMILES string of the molecule is Cc1ccc(Cl)cc1C(=O)N1CCC(C2CCCN2)CC1. The van der Waals surface area contributed by atoms with Crippen LogP contribution >= 0.6 is 11.6 Å². The topological polar surface area (TPSA) is 32.3 Å². The summed E-state index contributed by atoms with van der Waals surface area (Å²) in [6.07, 6.45) is 4.82. The van der Waals surface area contributed by atoms with Gasteiger partial charge in [-0.25, -0.2) is 0 Å². The average Bonchev–Trinajstić information content (AvgIpc) is 3.03. The Morgan fingerprint density at radius 1 is 1.29 bits per heavy atom. The molecule has 0 aliphatic carbocycles. The van der Waals surface area contributed by atoms with Crippen molar-refractivity contribution in [2.45, 2.75) is 38.6 Å². The van der Waals surface area contributed by atoms with Crippen molar-refractivity contribution in [1.29, 1.82) is 0 Å². The number of rotatable bonds is 2. The van der Waals surface area contributed by atoms with Crippen molar-refractivity contribution in [3.05, 3.63) is 34.3 Å². The van der Waals surface area contributed by atoms with Gasteiger partial charge in [-0.1, -0.05) is 17.7 Å². The minimum absolute atomic E-state index is 0.132. The largest absolute Gasteiger partial charge is 0.339 e. The van der Waals surface area contributed by atoms with E-state index in [4.69, 9.17) is 11.6 Å². The Hall–Kier alpha value is -1.06. The minimum atomic E-state index is 0.132. The summed E-state index contributed by atoms with van der Waals surface area (Å²) < 4.78 is 0. The van der Waals surface area contributed by atoms with Gasteiger partial charge in [0.15, 0.2) is 0 Å². The van der Waals surface area contributed by atoms with Crippen LogP contribution in [0.1, 0.15) is 41.6 Å². The fourth-order valence-corrected chi connectivity index (χ4v) is 3.79. The first kappa shape index (κ1) is 14.9. The fourth-order valence-electron chi connectivity index (χ4n) is 3.61. The molecule has 0 saturated carbocycles. The lowest BCUT2D eigenvalue weighted by atomic mass is 9.88. The molecule has 0 aromatic heterocycles. The molecular weight excluding hydrogens is 284 g/mol. The number of likely N-dealkylation sites (tertiary alicyclic amines) is 1. The van der Waals surface area contributed by atoms with E-state index in [9.17, 15) is 4.79 Å². The van der Waals surface area contributed by atoms with Crippen LogP contribution in [0.15, 0.2) is 18.2 Å². The summed E-state index contributed by atoms with van der Waals surface area (Å²) in [7, 11) is 0. The number of aryl methyl sites for hydroxylation is 1. The maximum absolute atomic E-state index is 12.7. The molecule has 2 aliphatic rings. The molecule has 1 unspecified atom stereocenters. The zero-order valence-electron chi connectivity index (χ0n) is 12.6. The summed E-state index contributed by atoms with van der Waals surface area (Å²) in [6, 6.07) is 6.23. The lowest BCUT2D eigenvalue weighted by Crippen LogP contribution is -2.43. The third-order valence-electron chi connectivity index (χ3n) is 4.92.